The molecule has 7 heteroatoms. The van der Waals surface area contributed by atoms with Gasteiger partial charge in [0.1, 0.15) is 6.54 Å². The zero-order valence-electron chi connectivity index (χ0n) is 4.97. The first-order valence-corrected chi connectivity index (χ1v) is 2.35. The van der Waals surface area contributed by atoms with Crippen LogP contribution in [0.5, 0.6) is 0 Å². The lowest BCUT2D eigenvalue weighted by Gasteiger charge is -1.98. The molecule has 0 spiro atoms. The van der Waals surface area contributed by atoms with Crippen molar-refractivity contribution in [1.29, 1.82) is 0 Å². The van der Waals surface area contributed by atoms with E-state index in [0.717, 1.165) is 0 Å². The molecule has 0 heterocycles. The Morgan fingerprint density at radius 2 is 2.20 bits per heavy atom. The van der Waals surface area contributed by atoms with E-state index in [2.05, 4.69) is 15.5 Å². The fourth-order valence-electron chi connectivity index (χ4n) is 0.318. The Labute approximate surface area is 55.8 Å². The molecular formula is C3H6N4O3. The summed E-state index contributed by atoms with van der Waals surface area (Å²) >= 11 is 0. The van der Waals surface area contributed by atoms with Crippen LogP contribution in [0.3, 0.4) is 0 Å². The van der Waals surface area contributed by atoms with Crippen molar-refractivity contribution in [1.82, 2.24) is 0 Å². The van der Waals surface area contributed by atoms with Crippen LogP contribution in [0, 0.1) is 9.81 Å². The van der Waals surface area contributed by atoms with E-state index in [1.165, 1.54) is 0 Å². The van der Waals surface area contributed by atoms with E-state index in [1.54, 1.807) is 0 Å². The van der Waals surface area contributed by atoms with Gasteiger partial charge in [-0.15, -0.1) is 4.91 Å². The normalized spacial score (nSPS) is 14.2. The largest absolute Gasteiger partial charge is 0.409 e. The lowest BCUT2D eigenvalue weighted by atomic mass is 10.3. The molecular weight excluding hydrogens is 140 g/mol. The van der Waals surface area contributed by atoms with Crippen molar-refractivity contribution in [2.75, 3.05) is 6.54 Å². The lowest BCUT2D eigenvalue weighted by molar-refractivity contribution is 0.316. The number of oxime groups is 1. The predicted molar refractivity (Wildman–Crippen MR) is 33.7 cm³/mol. The molecule has 0 aromatic rings. The first-order valence-electron chi connectivity index (χ1n) is 2.35. The fraction of sp³-hybridized carbons (Fsp3) is 0.667. The van der Waals surface area contributed by atoms with Crippen molar-refractivity contribution < 1.29 is 5.21 Å². The van der Waals surface area contributed by atoms with E-state index >= 15 is 0 Å². The molecule has 10 heavy (non-hydrogen) atoms. The summed E-state index contributed by atoms with van der Waals surface area (Å²) in [6.07, 6.45) is 0. The van der Waals surface area contributed by atoms with Gasteiger partial charge in [-0.25, -0.2) is 0 Å². The van der Waals surface area contributed by atoms with Crippen molar-refractivity contribution in [3.8, 4) is 0 Å². The van der Waals surface area contributed by atoms with Gasteiger partial charge in [-0.05, 0) is 0 Å². The van der Waals surface area contributed by atoms with E-state index < -0.39 is 18.4 Å². The monoisotopic (exact) mass is 146 g/mol. The van der Waals surface area contributed by atoms with Gasteiger partial charge in [0.25, 0.3) is 0 Å². The molecule has 0 aliphatic carbocycles. The van der Waals surface area contributed by atoms with Crippen LogP contribution < -0.4 is 5.73 Å². The van der Waals surface area contributed by atoms with Crippen molar-refractivity contribution >= 4 is 5.84 Å². The van der Waals surface area contributed by atoms with E-state index in [9.17, 15) is 9.81 Å². The second kappa shape index (κ2) is 4.36. The van der Waals surface area contributed by atoms with E-state index in [0.29, 0.717) is 0 Å². The van der Waals surface area contributed by atoms with Gasteiger partial charge in [0.15, 0.2) is 11.9 Å². The number of amidine groups is 1. The van der Waals surface area contributed by atoms with Gasteiger partial charge in [-0.2, -0.15) is 4.91 Å². The Morgan fingerprint density at radius 1 is 1.60 bits per heavy atom. The molecule has 3 N–H and O–H groups in total. The smallest absolute Gasteiger partial charge is 0.175 e. The summed E-state index contributed by atoms with van der Waals surface area (Å²) in [7, 11) is 0. The molecule has 0 bridgehead atoms. The maximum Gasteiger partial charge on any atom is 0.175 e. The van der Waals surface area contributed by atoms with Crippen LogP contribution in [0.25, 0.3) is 0 Å². The van der Waals surface area contributed by atoms with E-state index in [1.807, 2.05) is 0 Å². The van der Waals surface area contributed by atoms with Crippen LogP contribution >= 0.6 is 0 Å². The highest BCUT2D eigenvalue weighted by Crippen LogP contribution is 1.90. The second-order valence-electron chi connectivity index (χ2n) is 1.46. The SMILES string of the molecule is NC(=NO)C(CN=O)N=O. The standard InChI is InChI=1S/C3H6N4O3/c4-3(7-10)2(6-9)1-5-8/h2,10H,1H2,(H2,4,7). The highest BCUT2D eigenvalue weighted by molar-refractivity contribution is 5.85. The van der Waals surface area contributed by atoms with Crippen molar-refractivity contribution in [3.05, 3.63) is 9.81 Å². The van der Waals surface area contributed by atoms with E-state index in [-0.39, 0.29) is 0 Å². The Morgan fingerprint density at radius 3 is 2.50 bits per heavy atom. The topological polar surface area (TPSA) is 117 Å². The Kier molecular flexibility index (Phi) is 3.69. The van der Waals surface area contributed by atoms with Crippen LogP contribution in [0.2, 0.25) is 0 Å². The molecule has 56 valence electrons. The molecule has 0 aromatic heterocycles. The first-order chi connectivity index (χ1) is 4.76. The zero-order valence-corrected chi connectivity index (χ0v) is 4.97. The minimum Gasteiger partial charge on any atom is -0.409 e. The third-order valence-corrected chi connectivity index (χ3v) is 0.832. The van der Waals surface area contributed by atoms with Crippen molar-refractivity contribution in [2.45, 2.75) is 6.04 Å². The van der Waals surface area contributed by atoms with Gasteiger partial charge in [0.05, 0.1) is 0 Å². The number of hydrogen-bond acceptors (Lipinski definition) is 6. The van der Waals surface area contributed by atoms with Crippen molar-refractivity contribution in [2.24, 2.45) is 21.2 Å². The first kappa shape index (κ1) is 8.47. The predicted octanol–water partition coefficient (Wildman–Crippen LogP) is -0.366. The maximum absolute atomic E-state index is 9.77. The summed E-state index contributed by atoms with van der Waals surface area (Å²) in [6, 6.07) is -1.15. The van der Waals surface area contributed by atoms with Crippen LogP contribution in [0.4, 0.5) is 0 Å². The van der Waals surface area contributed by atoms with Gasteiger partial charge in [0, 0.05) is 0 Å². The van der Waals surface area contributed by atoms with Gasteiger partial charge >= 0.3 is 0 Å². The summed E-state index contributed by atoms with van der Waals surface area (Å²) < 4.78 is 0. The lowest BCUT2D eigenvalue weighted by Crippen LogP contribution is -2.29. The van der Waals surface area contributed by atoms with Crippen LogP contribution in [-0.4, -0.2) is 23.6 Å². The summed E-state index contributed by atoms with van der Waals surface area (Å²) in [6.45, 7) is -0.403. The van der Waals surface area contributed by atoms with E-state index in [4.69, 9.17) is 10.9 Å². The molecule has 0 saturated heterocycles. The Balaban J connectivity index is 4.05. The number of nitroso groups, excluding NO2 is 2. The summed E-state index contributed by atoms with van der Waals surface area (Å²) in [5.74, 6) is -0.408. The number of nitrogens with two attached hydrogens (primary N) is 1. The molecule has 0 saturated carbocycles. The van der Waals surface area contributed by atoms with Gasteiger partial charge in [-0.3, -0.25) is 0 Å². The third-order valence-electron chi connectivity index (χ3n) is 0.832. The molecule has 1 atom stereocenters. The van der Waals surface area contributed by atoms with Crippen LogP contribution in [0.15, 0.2) is 15.5 Å². The molecule has 0 radical (unpaired) electrons. The molecule has 0 aromatic carbocycles. The van der Waals surface area contributed by atoms with Crippen LogP contribution in [-0.2, 0) is 0 Å². The second-order valence-corrected chi connectivity index (χ2v) is 1.46. The zero-order chi connectivity index (χ0) is 7.98. The highest BCUT2D eigenvalue weighted by atomic mass is 16.4. The Bertz CT molecular complexity index is 156. The average molecular weight is 146 g/mol. The van der Waals surface area contributed by atoms with Crippen LogP contribution in [0.1, 0.15) is 0 Å². The summed E-state index contributed by atoms with van der Waals surface area (Å²) in [5.41, 5.74) is 4.92. The highest BCUT2D eigenvalue weighted by Gasteiger charge is 2.13. The minimum atomic E-state index is -1.15. The molecule has 0 amide bonds. The summed E-state index contributed by atoms with van der Waals surface area (Å²) in [4.78, 5) is 19.3. The molecule has 0 fully saturated rings. The molecule has 7 nitrogen and oxygen atoms in total. The molecule has 0 aliphatic rings. The fourth-order valence-corrected chi connectivity index (χ4v) is 0.318. The van der Waals surface area contributed by atoms with Gasteiger partial charge in [0.2, 0.25) is 0 Å². The third kappa shape index (κ3) is 2.16. The summed E-state index contributed by atoms with van der Waals surface area (Å²) in [5, 5.41) is 15.2. The number of hydrogen-bond donors (Lipinski definition) is 2. The number of rotatable bonds is 4. The van der Waals surface area contributed by atoms with Gasteiger partial charge < -0.3 is 10.9 Å². The molecule has 0 rings (SSSR count). The average Bonchev–Trinajstić information content (AvgIpc) is 1.99. The number of nitrogens with zero attached hydrogens (tertiary/aromatic N) is 3. The Hall–Kier alpha value is -1.53. The quantitative estimate of drug-likeness (QED) is 0.185. The maximum atomic E-state index is 9.77. The molecule has 1 unspecified atom stereocenters. The van der Waals surface area contributed by atoms with Gasteiger partial charge in [-0.1, -0.05) is 15.5 Å². The minimum absolute atomic E-state index is 0.403. The molecule has 0 aliphatic heterocycles. The van der Waals surface area contributed by atoms with Crippen molar-refractivity contribution in [3.63, 3.8) is 0 Å².